The molecule has 3 rings (SSSR count). The molecule has 0 amide bonds. The van der Waals surface area contributed by atoms with Crippen LogP contribution in [-0.4, -0.2) is 35.9 Å². The van der Waals surface area contributed by atoms with Crippen molar-refractivity contribution in [2.45, 2.75) is 17.7 Å². The van der Waals surface area contributed by atoms with Crippen LogP contribution in [0.15, 0.2) is 29.3 Å². The van der Waals surface area contributed by atoms with Crippen LogP contribution in [-0.2, 0) is 23.5 Å². The molecule has 1 aromatic carbocycles. The summed E-state index contributed by atoms with van der Waals surface area (Å²) >= 11 is 0. The first-order valence-corrected chi connectivity index (χ1v) is 8.41. The van der Waals surface area contributed by atoms with Crippen molar-refractivity contribution in [2.75, 3.05) is 11.3 Å². The highest BCUT2D eigenvalue weighted by atomic mass is 32.2. The van der Waals surface area contributed by atoms with Crippen molar-refractivity contribution < 1.29 is 23.1 Å². The van der Waals surface area contributed by atoms with Gasteiger partial charge in [0.05, 0.1) is 12.8 Å². The quantitative estimate of drug-likeness (QED) is 0.868. The summed E-state index contributed by atoms with van der Waals surface area (Å²) in [7, 11) is -2.56. The second kappa shape index (κ2) is 5.58. The number of hydrogen-bond donors (Lipinski definition) is 2. The molecule has 23 heavy (non-hydrogen) atoms. The number of rotatable bonds is 4. The first-order valence-electron chi connectivity index (χ1n) is 6.93. The molecule has 0 atom stereocenters. The largest absolute Gasteiger partial charge is 0.492 e. The number of aromatic carboxylic acids is 1. The van der Waals surface area contributed by atoms with Gasteiger partial charge in [-0.3, -0.25) is 9.40 Å². The molecule has 0 saturated heterocycles. The van der Waals surface area contributed by atoms with Crippen LogP contribution < -0.4 is 9.46 Å². The van der Waals surface area contributed by atoms with Crippen molar-refractivity contribution in [2.24, 2.45) is 7.05 Å². The molecule has 9 heteroatoms. The van der Waals surface area contributed by atoms with Crippen LogP contribution in [0.3, 0.4) is 0 Å². The second-order valence-corrected chi connectivity index (χ2v) is 6.79. The number of hydrogen-bond acceptors (Lipinski definition) is 5. The number of para-hydroxylation sites is 1. The number of carboxylic acid groups (broad SMARTS) is 1. The van der Waals surface area contributed by atoms with Gasteiger partial charge in [0.2, 0.25) is 0 Å². The van der Waals surface area contributed by atoms with Crippen LogP contribution >= 0.6 is 0 Å². The van der Waals surface area contributed by atoms with E-state index < -0.39 is 16.0 Å². The molecule has 2 heterocycles. The third-order valence-corrected chi connectivity index (χ3v) is 4.96. The average Bonchev–Trinajstić information content (AvgIpc) is 2.86. The Morgan fingerprint density at radius 1 is 1.43 bits per heavy atom. The molecule has 0 saturated carbocycles. The molecule has 0 fully saturated rings. The van der Waals surface area contributed by atoms with E-state index in [2.05, 4.69) is 9.82 Å². The number of aromatic nitrogens is 2. The van der Waals surface area contributed by atoms with Crippen molar-refractivity contribution in [1.82, 2.24) is 9.78 Å². The van der Waals surface area contributed by atoms with Gasteiger partial charge < -0.3 is 9.84 Å². The molecule has 8 nitrogen and oxygen atoms in total. The van der Waals surface area contributed by atoms with Gasteiger partial charge in [0.25, 0.3) is 10.0 Å². The van der Waals surface area contributed by atoms with E-state index in [4.69, 9.17) is 4.74 Å². The van der Waals surface area contributed by atoms with E-state index in [1.165, 1.54) is 13.1 Å². The predicted octanol–water partition coefficient (Wildman–Crippen LogP) is 1.24. The fourth-order valence-electron chi connectivity index (χ4n) is 2.54. The summed E-state index contributed by atoms with van der Waals surface area (Å²) in [5, 5.41) is 13.0. The minimum absolute atomic E-state index is 0.00473. The van der Waals surface area contributed by atoms with E-state index in [9.17, 15) is 18.3 Å². The van der Waals surface area contributed by atoms with Crippen LogP contribution in [0.2, 0.25) is 0 Å². The maximum Gasteiger partial charge on any atom is 0.356 e. The lowest BCUT2D eigenvalue weighted by molar-refractivity contribution is 0.0686. The second-order valence-electron chi connectivity index (χ2n) is 5.14. The first kappa shape index (κ1) is 15.3. The molecule has 0 radical (unpaired) electrons. The Morgan fingerprint density at radius 3 is 2.96 bits per heavy atom. The molecule has 0 unspecified atom stereocenters. The Hall–Kier alpha value is -2.55. The minimum Gasteiger partial charge on any atom is -0.492 e. The predicted molar refractivity (Wildman–Crippen MR) is 81.2 cm³/mol. The number of carboxylic acids is 1. The van der Waals surface area contributed by atoms with E-state index in [0.717, 1.165) is 29.3 Å². The lowest BCUT2D eigenvalue weighted by atomic mass is 10.1. The number of fused-ring (bicyclic) bond motifs is 1. The molecule has 0 aliphatic carbocycles. The summed E-state index contributed by atoms with van der Waals surface area (Å²) in [6, 6.07) is 4.90. The zero-order valence-corrected chi connectivity index (χ0v) is 13.1. The van der Waals surface area contributed by atoms with Gasteiger partial charge in [-0.05, 0) is 24.5 Å². The summed E-state index contributed by atoms with van der Waals surface area (Å²) < 4.78 is 34.2. The number of sulfonamides is 1. The third-order valence-electron chi connectivity index (χ3n) is 3.57. The average molecular weight is 337 g/mol. The van der Waals surface area contributed by atoms with Gasteiger partial charge in [-0.1, -0.05) is 12.1 Å². The molecule has 0 bridgehead atoms. The Kier molecular flexibility index (Phi) is 3.72. The van der Waals surface area contributed by atoms with Gasteiger partial charge in [0, 0.05) is 7.05 Å². The molecule has 122 valence electrons. The fraction of sp³-hybridized carbons (Fsp3) is 0.286. The summed E-state index contributed by atoms with van der Waals surface area (Å²) in [5.41, 5.74) is 0.497. The monoisotopic (exact) mass is 337 g/mol. The zero-order chi connectivity index (χ0) is 16.6. The molecular weight excluding hydrogens is 322 g/mol. The number of carbonyl (C=O) groups is 1. The summed E-state index contributed by atoms with van der Waals surface area (Å²) in [4.78, 5) is 11.2. The maximum atomic E-state index is 12.6. The van der Waals surface area contributed by atoms with Crippen molar-refractivity contribution >= 4 is 21.7 Å². The van der Waals surface area contributed by atoms with Crippen molar-refractivity contribution in [3.63, 3.8) is 0 Å². The standard InChI is InChI=1S/C14H15N3O5S/c1-17-12(14(18)19)10(8-15-17)16-23(20,21)11-6-2-4-9-5-3-7-22-13(9)11/h2,4,6,8,16H,3,5,7H2,1H3,(H,18,19). The van der Waals surface area contributed by atoms with Crippen molar-refractivity contribution in [1.29, 1.82) is 0 Å². The van der Waals surface area contributed by atoms with Gasteiger partial charge >= 0.3 is 5.97 Å². The maximum absolute atomic E-state index is 12.6. The zero-order valence-electron chi connectivity index (χ0n) is 12.3. The minimum atomic E-state index is -3.99. The van der Waals surface area contributed by atoms with Crippen LogP contribution in [0.4, 0.5) is 5.69 Å². The number of aryl methyl sites for hydroxylation is 2. The smallest absolute Gasteiger partial charge is 0.356 e. The van der Waals surface area contributed by atoms with E-state index in [-0.39, 0.29) is 16.3 Å². The number of ether oxygens (including phenoxy) is 1. The van der Waals surface area contributed by atoms with E-state index in [1.807, 2.05) is 6.07 Å². The number of nitrogens with one attached hydrogen (secondary N) is 1. The molecule has 2 N–H and O–H groups in total. The number of nitrogens with zero attached hydrogens (tertiary/aromatic N) is 2. The van der Waals surface area contributed by atoms with Gasteiger partial charge in [-0.2, -0.15) is 5.10 Å². The third kappa shape index (κ3) is 2.74. The highest BCUT2D eigenvalue weighted by Gasteiger charge is 2.27. The van der Waals surface area contributed by atoms with Crippen LogP contribution in [0.5, 0.6) is 5.75 Å². The molecular formula is C14H15N3O5S. The van der Waals surface area contributed by atoms with E-state index >= 15 is 0 Å². The van der Waals surface area contributed by atoms with Crippen LogP contribution in [0.1, 0.15) is 22.5 Å². The first-order chi connectivity index (χ1) is 10.9. The number of anilines is 1. The molecule has 1 aliphatic heterocycles. The topological polar surface area (TPSA) is 111 Å². The lowest BCUT2D eigenvalue weighted by Gasteiger charge is -2.20. The summed E-state index contributed by atoms with van der Waals surface area (Å²) in [5.74, 6) is -0.943. The van der Waals surface area contributed by atoms with Gasteiger partial charge in [-0.25, -0.2) is 13.2 Å². The van der Waals surface area contributed by atoms with Crippen molar-refractivity contribution in [3.05, 3.63) is 35.7 Å². The molecule has 2 aromatic rings. The van der Waals surface area contributed by atoms with Gasteiger partial charge in [-0.15, -0.1) is 0 Å². The van der Waals surface area contributed by atoms with Gasteiger partial charge in [0.15, 0.2) is 5.69 Å². The molecule has 1 aliphatic rings. The van der Waals surface area contributed by atoms with Gasteiger partial charge in [0.1, 0.15) is 16.3 Å². The van der Waals surface area contributed by atoms with Crippen LogP contribution in [0, 0.1) is 0 Å². The Morgan fingerprint density at radius 2 is 2.22 bits per heavy atom. The lowest BCUT2D eigenvalue weighted by Crippen LogP contribution is -2.19. The summed E-state index contributed by atoms with van der Waals surface area (Å²) in [6.07, 6.45) is 2.74. The van der Waals surface area contributed by atoms with Crippen LogP contribution in [0.25, 0.3) is 0 Å². The van der Waals surface area contributed by atoms with Crippen molar-refractivity contribution in [3.8, 4) is 5.75 Å². The number of benzene rings is 1. The SMILES string of the molecule is Cn1ncc(NS(=O)(=O)c2cccc3c2OCCC3)c1C(=O)O. The Labute approximate surface area is 132 Å². The molecule has 0 spiro atoms. The Balaban J connectivity index is 2.02. The van der Waals surface area contributed by atoms with E-state index in [1.54, 1.807) is 6.07 Å². The normalized spacial score (nSPS) is 14.0. The molecule has 1 aromatic heterocycles. The summed E-state index contributed by atoms with van der Waals surface area (Å²) in [6.45, 7) is 0.451. The fourth-order valence-corrected chi connectivity index (χ4v) is 3.78. The highest BCUT2D eigenvalue weighted by molar-refractivity contribution is 7.92. The van der Waals surface area contributed by atoms with E-state index in [0.29, 0.717) is 12.4 Å². The Bertz CT molecular complexity index is 873. The highest BCUT2D eigenvalue weighted by Crippen LogP contribution is 2.33.